The molecular formula is C22H21BrN2O5S. The maximum atomic E-state index is 13.8. The van der Waals surface area contributed by atoms with Crippen LogP contribution in [0.3, 0.4) is 0 Å². The molecule has 2 heterocycles. The van der Waals surface area contributed by atoms with E-state index in [2.05, 4.69) is 20.7 Å². The van der Waals surface area contributed by atoms with Crippen LogP contribution in [-0.2, 0) is 21.2 Å². The lowest BCUT2D eigenvalue weighted by molar-refractivity contribution is 0.0927. The molecule has 1 aromatic heterocycles. The van der Waals surface area contributed by atoms with Gasteiger partial charge in [-0.1, -0.05) is 35.0 Å². The summed E-state index contributed by atoms with van der Waals surface area (Å²) in [6, 6.07) is 15.7. The number of hydrogen-bond acceptors (Lipinski definition) is 4. The summed E-state index contributed by atoms with van der Waals surface area (Å²) < 4.78 is 36.4. The van der Waals surface area contributed by atoms with E-state index in [1.807, 2.05) is 48.0 Å². The second kappa shape index (κ2) is 8.39. The van der Waals surface area contributed by atoms with E-state index < -0.39 is 16.2 Å². The van der Waals surface area contributed by atoms with Crippen molar-refractivity contribution in [3.8, 4) is 5.69 Å². The molecule has 0 amide bonds. The number of halogens is 1. The Hall–Kier alpha value is -2.78. The second-order valence-electron chi connectivity index (χ2n) is 7.17. The molecule has 0 bridgehead atoms. The van der Waals surface area contributed by atoms with Crippen LogP contribution < -0.4 is 4.31 Å². The first kappa shape index (κ1) is 21.5. The van der Waals surface area contributed by atoms with Gasteiger partial charge in [0.2, 0.25) is 0 Å². The lowest BCUT2D eigenvalue weighted by Crippen LogP contribution is -2.39. The molecule has 3 aromatic rings. The number of nitrogens with zero attached hydrogens (tertiary/aromatic N) is 2. The van der Waals surface area contributed by atoms with Gasteiger partial charge in [-0.25, -0.2) is 13.2 Å². The zero-order chi connectivity index (χ0) is 22.2. The Balaban J connectivity index is 1.73. The van der Waals surface area contributed by atoms with Gasteiger partial charge in [0.25, 0.3) is 10.0 Å². The van der Waals surface area contributed by atoms with Crippen LogP contribution in [0.2, 0.25) is 0 Å². The van der Waals surface area contributed by atoms with E-state index in [1.165, 1.54) is 4.31 Å². The Labute approximate surface area is 189 Å². The first-order chi connectivity index (χ1) is 14.8. The van der Waals surface area contributed by atoms with Gasteiger partial charge in [-0.15, -0.1) is 0 Å². The summed E-state index contributed by atoms with van der Waals surface area (Å²) in [5.41, 5.74) is 3.13. The van der Waals surface area contributed by atoms with Crippen LogP contribution in [-0.4, -0.2) is 30.9 Å². The SMILES string of the molecule is CC[C@@H]1c2cccn2-c2ccc(Br)cc2N1S(=O)(=O)c1ccc(CCOC(=O)O)cc1. The zero-order valence-electron chi connectivity index (χ0n) is 16.7. The van der Waals surface area contributed by atoms with Crippen LogP contribution >= 0.6 is 15.9 Å². The third-order valence-electron chi connectivity index (χ3n) is 5.32. The number of carbonyl (C=O) groups is 1. The van der Waals surface area contributed by atoms with Gasteiger partial charge >= 0.3 is 6.16 Å². The molecule has 0 aliphatic carbocycles. The number of anilines is 1. The summed E-state index contributed by atoms with van der Waals surface area (Å²) in [4.78, 5) is 10.7. The first-order valence-corrected chi connectivity index (χ1v) is 12.0. The Morgan fingerprint density at radius 3 is 2.55 bits per heavy atom. The summed E-state index contributed by atoms with van der Waals surface area (Å²) in [5, 5.41) is 8.58. The zero-order valence-corrected chi connectivity index (χ0v) is 19.1. The van der Waals surface area contributed by atoms with Gasteiger partial charge in [0.05, 0.1) is 28.9 Å². The topological polar surface area (TPSA) is 88.8 Å². The highest BCUT2D eigenvalue weighted by atomic mass is 79.9. The van der Waals surface area contributed by atoms with Crippen molar-refractivity contribution >= 4 is 37.8 Å². The standard InChI is InChI=1S/C22H21BrN2O5S/c1-2-18-19-4-3-12-24(19)20-10-7-16(23)14-21(20)25(18)31(28,29)17-8-5-15(6-9-17)11-13-30-22(26)27/h3-10,12,14,18H,2,11,13H2,1H3,(H,26,27)/t18-/m1/s1. The molecular weight excluding hydrogens is 484 g/mol. The van der Waals surface area contributed by atoms with Crippen molar-refractivity contribution in [1.82, 2.24) is 4.57 Å². The number of hydrogen-bond donors (Lipinski definition) is 1. The van der Waals surface area contributed by atoms with Crippen LogP contribution in [0.1, 0.15) is 30.6 Å². The number of carboxylic acid groups (broad SMARTS) is 1. The van der Waals surface area contributed by atoms with Crippen LogP contribution in [0.25, 0.3) is 5.69 Å². The van der Waals surface area contributed by atoms with E-state index >= 15 is 0 Å². The predicted octanol–water partition coefficient (Wildman–Crippen LogP) is 5.14. The molecule has 1 aliphatic heterocycles. The molecule has 0 spiro atoms. The largest absolute Gasteiger partial charge is 0.505 e. The van der Waals surface area contributed by atoms with Crippen LogP contribution in [0.5, 0.6) is 0 Å². The predicted molar refractivity (Wildman–Crippen MR) is 120 cm³/mol. The molecule has 0 saturated heterocycles. The Morgan fingerprint density at radius 2 is 1.87 bits per heavy atom. The molecule has 0 radical (unpaired) electrons. The summed E-state index contributed by atoms with van der Waals surface area (Å²) in [6.45, 7) is 1.99. The van der Waals surface area contributed by atoms with Crippen LogP contribution in [0, 0.1) is 0 Å². The minimum atomic E-state index is -3.85. The van der Waals surface area contributed by atoms with Gasteiger partial charge in [-0.05, 0) is 54.4 Å². The van der Waals surface area contributed by atoms with E-state index in [0.717, 1.165) is 21.4 Å². The Kier molecular flexibility index (Phi) is 5.81. The second-order valence-corrected chi connectivity index (χ2v) is 9.90. The van der Waals surface area contributed by atoms with Gasteiger partial charge in [0, 0.05) is 22.8 Å². The highest BCUT2D eigenvalue weighted by molar-refractivity contribution is 9.10. The van der Waals surface area contributed by atoms with E-state index in [1.54, 1.807) is 24.3 Å². The molecule has 1 atom stereocenters. The van der Waals surface area contributed by atoms with Crippen molar-refractivity contribution in [2.24, 2.45) is 0 Å². The molecule has 0 fully saturated rings. The minimum absolute atomic E-state index is 0.0177. The molecule has 0 saturated carbocycles. The highest BCUT2D eigenvalue weighted by Crippen LogP contribution is 2.44. The molecule has 9 heteroatoms. The van der Waals surface area contributed by atoms with Crippen molar-refractivity contribution in [3.05, 3.63) is 76.5 Å². The van der Waals surface area contributed by atoms with Gasteiger partial charge < -0.3 is 14.4 Å². The lowest BCUT2D eigenvalue weighted by atomic mass is 10.1. The lowest BCUT2D eigenvalue weighted by Gasteiger charge is -2.38. The smallest absolute Gasteiger partial charge is 0.450 e. The molecule has 2 aromatic carbocycles. The fourth-order valence-electron chi connectivity index (χ4n) is 3.92. The fraction of sp³-hybridized carbons (Fsp3) is 0.227. The monoisotopic (exact) mass is 504 g/mol. The summed E-state index contributed by atoms with van der Waals surface area (Å²) in [5.74, 6) is 0. The van der Waals surface area contributed by atoms with E-state index in [0.29, 0.717) is 18.5 Å². The molecule has 31 heavy (non-hydrogen) atoms. The minimum Gasteiger partial charge on any atom is -0.450 e. The van der Waals surface area contributed by atoms with Gasteiger partial charge in [-0.2, -0.15) is 0 Å². The number of aromatic nitrogens is 1. The summed E-state index contributed by atoms with van der Waals surface area (Å²) >= 11 is 3.47. The van der Waals surface area contributed by atoms with Crippen molar-refractivity contribution in [3.63, 3.8) is 0 Å². The van der Waals surface area contributed by atoms with Gasteiger partial charge in [0.15, 0.2) is 0 Å². The molecule has 162 valence electrons. The third kappa shape index (κ3) is 3.95. The Morgan fingerprint density at radius 1 is 1.13 bits per heavy atom. The van der Waals surface area contributed by atoms with Crippen molar-refractivity contribution in [2.45, 2.75) is 30.7 Å². The molecule has 1 aliphatic rings. The first-order valence-electron chi connectivity index (χ1n) is 9.79. The number of rotatable bonds is 6. The van der Waals surface area contributed by atoms with Crippen LogP contribution in [0.15, 0.2) is 70.2 Å². The van der Waals surface area contributed by atoms with Crippen molar-refractivity contribution < 1.29 is 23.1 Å². The van der Waals surface area contributed by atoms with E-state index in [-0.39, 0.29) is 17.5 Å². The number of ether oxygens (including phenoxy) is 1. The van der Waals surface area contributed by atoms with E-state index in [4.69, 9.17) is 5.11 Å². The number of benzene rings is 2. The van der Waals surface area contributed by atoms with Crippen LogP contribution in [0.4, 0.5) is 10.5 Å². The third-order valence-corrected chi connectivity index (χ3v) is 7.65. The highest BCUT2D eigenvalue weighted by Gasteiger charge is 2.38. The molecule has 4 rings (SSSR count). The summed E-state index contributed by atoms with van der Waals surface area (Å²) in [7, 11) is -3.85. The van der Waals surface area contributed by atoms with Crippen molar-refractivity contribution in [1.29, 1.82) is 0 Å². The summed E-state index contributed by atoms with van der Waals surface area (Å²) in [6.07, 6.45) is 1.60. The number of fused-ring (bicyclic) bond motifs is 3. The van der Waals surface area contributed by atoms with E-state index in [9.17, 15) is 13.2 Å². The fourth-order valence-corrected chi connectivity index (χ4v) is 5.97. The number of sulfonamides is 1. The Bertz CT molecular complexity index is 1220. The average molecular weight is 505 g/mol. The molecule has 7 nitrogen and oxygen atoms in total. The van der Waals surface area contributed by atoms with Gasteiger partial charge in [0.1, 0.15) is 0 Å². The maximum absolute atomic E-state index is 13.8. The normalized spacial score (nSPS) is 15.3. The maximum Gasteiger partial charge on any atom is 0.505 e. The average Bonchev–Trinajstić information content (AvgIpc) is 3.22. The van der Waals surface area contributed by atoms with Gasteiger partial charge in [-0.3, -0.25) is 4.31 Å². The van der Waals surface area contributed by atoms with Crippen molar-refractivity contribution in [2.75, 3.05) is 10.9 Å². The molecule has 1 N–H and O–H groups in total. The quantitative estimate of drug-likeness (QED) is 0.469. The molecule has 0 unspecified atom stereocenters.